The van der Waals surface area contributed by atoms with Crippen molar-refractivity contribution >= 4 is 19.8 Å². The molecular formula is C33H62NO8P. The summed E-state index contributed by atoms with van der Waals surface area (Å²) < 4.78 is 32.5. The molecule has 252 valence electrons. The quantitative estimate of drug-likeness (QED) is 0.0334. The van der Waals surface area contributed by atoms with Crippen LogP contribution < -0.4 is 5.73 Å². The zero-order valence-electron chi connectivity index (χ0n) is 27.2. The van der Waals surface area contributed by atoms with Gasteiger partial charge in [-0.1, -0.05) is 115 Å². The molecule has 0 fully saturated rings. The molecule has 0 radical (unpaired) electrons. The minimum Gasteiger partial charge on any atom is -0.462 e. The molecule has 0 saturated heterocycles. The number of allylic oxidation sites excluding steroid dienone is 4. The van der Waals surface area contributed by atoms with E-state index in [9.17, 15) is 19.0 Å². The van der Waals surface area contributed by atoms with Crippen molar-refractivity contribution in [3.05, 3.63) is 24.3 Å². The van der Waals surface area contributed by atoms with Crippen LogP contribution in [0.1, 0.15) is 142 Å². The third-order valence-corrected chi connectivity index (χ3v) is 7.81. The van der Waals surface area contributed by atoms with E-state index in [1.807, 2.05) is 0 Å². The molecule has 0 bridgehead atoms. The molecule has 0 aromatic carbocycles. The van der Waals surface area contributed by atoms with Crippen LogP contribution in [0.2, 0.25) is 0 Å². The number of carbonyl (C=O) groups is 2. The molecule has 43 heavy (non-hydrogen) atoms. The number of ether oxygens (including phenoxy) is 2. The van der Waals surface area contributed by atoms with Gasteiger partial charge in [0.2, 0.25) is 0 Å². The first kappa shape index (κ1) is 41.5. The highest BCUT2D eigenvalue weighted by atomic mass is 31.2. The lowest BCUT2D eigenvalue weighted by Crippen LogP contribution is -2.29. The van der Waals surface area contributed by atoms with Crippen LogP contribution in [-0.2, 0) is 32.7 Å². The molecule has 0 aromatic heterocycles. The van der Waals surface area contributed by atoms with Gasteiger partial charge in [-0.2, -0.15) is 0 Å². The highest BCUT2D eigenvalue weighted by Gasteiger charge is 2.25. The second-order valence-electron chi connectivity index (χ2n) is 11.0. The van der Waals surface area contributed by atoms with Gasteiger partial charge in [-0.3, -0.25) is 18.6 Å². The summed E-state index contributed by atoms with van der Waals surface area (Å²) in [6.07, 6.45) is 27.9. The smallest absolute Gasteiger partial charge is 0.462 e. The third kappa shape index (κ3) is 30.3. The molecule has 3 N–H and O–H groups in total. The molecule has 0 saturated carbocycles. The maximum absolute atomic E-state index is 12.4. The fourth-order valence-corrected chi connectivity index (χ4v) is 5.08. The largest absolute Gasteiger partial charge is 0.472 e. The summed E-state index contributed by atoms with van der Waals surface area (Å²) in [7, 11) is -4.36. The summed E-state index contributed by atoms with van der Waals surface area (Å²) in [6, 6.07) is 0. The number of unbranched alkanes of at least 4 members (excludes halogenated alkanes) is 14. The molecule has 0 aliphatic rings. The van der Waals surface area contributed by atoms with Gasteiger partial charge in [0.25, 0.3) is 0 Å². The van der Waals surface area contributed by atoms with Crippen molar-refractivity contribution < 1.29 is 37.6 Å². The van der Waals surface area contributed by atoms with E-state index in [-0.39, 0.29) is 32.6 Å². The van der Waals surface area contributed by atoms with Crippen LogP contribution in [0.15, 0.2) is 24.3 Å². The number of esters is 2. The number of rotatable bonds is 31. The van der Waals surface area contributed by atoms with Crippen LogP contribution in [0.4, 0.5) is 0 Å². The highest BCUT2D eigenvalue weighted by molar-refractivity contribution is 7.47. The minimum absolute atomic E-state index is 0.0518. The zero-order valence-corrected chi connectivity index (χ0v) is 28.1. The van der Waals surface area contributed by atoms with Crippen LogP contribution in [0.3, 0.4) is 0 Å². The van der Waals surface area contributed by atoms with E-state index in [1.54, 1.807) is 0 Å². The molecule has 0 amide bonds. The Kier molecular flexibility index (Phi) is 29.4. The minimum atomic E-state index is -4.36. The van der Waals surface area contributed by atoms with Crippen molar-refractivity contribution in [2.75, 3.05) is 26.4 Å². The van der Waals surface area contributed by atoms with Crippen molar-refractivity contribution in [1.29, 1.82) is 0 Å². The lowest BCUT2D eigenvalue weighted by atomic mass is 10.1. The monoisotopic (exact) mass is 631 g/mol. The Balaban J connectivity index is 4.32. The van der Waals surface area contributed by atoms with Crippen LogP contribution in [0.5, 0.6) is 0 Å². The van der Waals surface area contributed by atoms with Crippen LogP contribution in [-0.4, -0.2) is 49.3 Å². The van der Waals surface area contributed by atoms with Gasteiger partial charge < -0.3 is 20.1 Å². The lowest BCUT2D eigenvalue weighted by molar-refractivity contribution is -0.161. The van der Waals surface area contributed by atoms with Crippen LogP contribution >= 0.6 is 7.82 Å². The van der Waals surface area contributed by atoms with Gasteiger partial charge >= 0.3 is 19.8 Å². The highest BCUT2D eigenvalue weighted by Crippen LogP contribution is 2.43. The number of hydrogen-bond donors (Lipinski definition) is 2. The molecule has 2 unspecified atom stereocenters. The molecule has 0 spiro atoms. The van der Waals surface area contributed by atoms with Gasteiger partial charge in [-0.05, 0) is 38.5 Å². The first-order chi connectivity index (χ1) is 20.8. The van der Waals surface area contributed by atoms with Crippen LogP contribution in [0, 0.1) is 0 Å². The van der Waals surface area contributed by atoms with E-state index in [2.05, 4.69) is 38.2 Å². The van der Waals surface area contributed by atoms with Gasteiger partial charge in [0, 0.05) is 19.4 Å². The van der Waals surface area contributed by atoms with Crippen molar-refractivity contribution in [2.45, 2.75) is 148 Å². The van der Waals surface area contributed by atoms with Crippen LogP contribution in [0.25, 0.3) is 0 Å². The predicted molar refractivity (Wildman–Crippen MR) is 174 cm³/mol. The van der Waals surface area contributed by atoms with E-state index in [4.69, 9.17) is 24.3 Å². The summed E-state index contributed by atoms with van der Waals surface area (Å²) in [4.78, 5) is 34.5. The standard InChI is InChI=1S/C33H62NO8P/c1-3-5-7-9-11-13-14-15-16-18-20-22-24-26-33(36)42-31(30-41-43(37,38)40-28-27-34)29-39-32(35)25-23-21-19-17-12-10-8-6-4-2/h7,9,13-14,31H,3-6,8,10-12,15-30,34H2,1-2H3,(H,37,38)/b9-7-,14-13-. The maximum atomic E-state index is 12.4. The van der Waals surface area contributed by atoms with E-state index >= 15 is 0 Å². The average molecular weight is 632 g/mol. The van der Waals surface area contributed by atoms with Crippen molar-refractivity contribution in [2.24, 2.45) is 5.73 Å². The summed E-state index contributed by atoms with van der Waals surface area (Å²) in [5.41, 5.74) is 5.31. The van der Waals surface area contributed by atoms with Gasteiger partial charge in [-0.15, -0.1) is 0 Å². The van der Waals surface area contributed by atoms with Gasteiger partial charge in [0.15, 0.2) is 6.10 Å². The fourth-order valence-electron chi connectivity index (χ4n) is 4.32. The Hall–Kier alpha value is -1.51. The zero-order chi connectivity index (χ0) is 31.9. The average Bonchev–Trinajstić information content (AvgIpc) is 2.99. The second kappa shape index (κ2) is 30.5. The maximum Gasteiger partial charge on any atom is 0.472 e. The molecule has 2 atom stereocenters. The Labute approximate surface area is 261 Å². The van der Waals surface area contributed by atoms with Crippen molar-refractivity contribution in [1.82, 2.24) is 0 Å². The summed E-state index contributed by atoms with van der Waals surface area (Å²) in [6.45, 7) is 3.60. The third-order valence-electron chi connectivity index (χ3n) is 6.82. The first-order valence-corrected chi connectivity index (χ1v) is 18.3. The van der Waals surface area contributed by atoms with E-state index in [0.717, 1.165) is 64.2 Å². The lowest BCUT2D eigenvalue weighted by Gasteiger charge is -2.19. The first-order valence-electron chi connectivity index (χ1n) is 16.8. The predicted octanol–water partition coefficient (Wildman–Crippen LogP) is 8.49. The number of nitrogens with two attached hydrogens (primary N) is 1. The molecule has 0 rings (SSSR count). The molecule has 0 aromatic rings. The summed E-state index contributed by atoms with van der Waals surface area (Å²) >= 11 is 0. The fraction of sp³-hybridized carbons (Fsp3) is 0.818. The van der Waals surface area contributed by atoms with E-state index < -0.39 is 32.5 Å². The number of phosphoric ester groups is 1. The Morgan fingerprint density at radius 2 is 1.26 bits per heavy atom. The van der Waals surface area contributed by atoms with E-state index in [0.29, 0.717) is 6.42 Å². The molecule has 0 aliphatic heterocycles. The number of carbonyl (C=O) groups excluding carboxylic acids is 2. The van der Waals surface area contributed by atoms with Gasteiger partial charge in [0.05, 0.1) is 13.2 Å². The second-order valence-corrected chi connectivity index (χ2v) is 12.5. The Bertz CT molecular complexity index is 774. The Morgan fingerprint density at radius 3 is 1.86 bits per heavy atom. The molecular weight excluding hydrogens is 569 g/mol. The topological polar surface area (TPSA) is 134 Å². The van der Waals surface area contributed by atoms with E-state index in [1.165, 1.54) is 44.9 Å². The molecule has 10 heteroatoms. The number of hydrogen-bond acceptors (Lipinski definition) is 8. The molecule has 9 nitrogen and oxygen atoms in total. The van der Waals surface area contributed by atoms with Gasteiger partial charge in [0.1, 0.15) is 6.61 Å². The van der Waals surface area contributed by atoms with Crippen molar-refractivity contribution in [3.8, 4) is 0 Å². The normalized spacial score (nSPS) is 13.9. The molecule has 0 heterocycles. The Morgan fingerprint density at radius 1 is 0.698 bits per heavy atom. The molecule has 0 aliphatic carbocycles. The SMILES string of the molecule is CCC/C=C\C/C=C\CCCCCCCC(=O)OC(COC(=O)CCCCCCCCCCC)COP(=O)(O)OCCN. The van der Waals surface area contributed by atoms with Gasteiger partial charge in [-0.25, -0.2) is 4.57 Å². The summed E-state index contributed by atoms with van der Waals surface area (Å²) in [5.74, 6) is -0.850. The van der Waals surface area contributed by atoms with Crippen molar-refractivity contribution in [3.63, 3.8) is 0 Å². The summed E-state index contributed by atoms with van der Waals surface area (Å²) in [5, 5.41) is 0. The number of phosphoric acid groups is 1.